The number of piperidine rings is 1. The highest BCUT2D eigenvalue weighted by atomic mass is 32.2. The van der Waals surface area contributed by atoms with Crippen molar-refractivity contribution in [1.29, 1.82) is 0 Å². The molecule has 0 N–H and O–H groups in total. The molecule has 174 valence electrons. The lowest BCUT2D eigenvalue weighted by atomic mass is 9.88. The normalized spacial score (nSPS) is 26.8. The summed E-state index contributed by atoms with van der Waals surface area (Å²) >= 11 is 1.68. The molecule has 3 fully saturated rings. The molecule has 2 atom stereocenters. The van der Waals surface area contributed by atoms with Crippen LogP contribution in [0.5, 0.6) is 5.75 Å². The molecule has 1 spiro atoms. The van der Waals surface area contributed by atoms with Crippen LogP contribution in [0.2, 0.25) is 0 Å². The number of ether oxygens (including phenoxy) is 3. The minimum absolute atomic E-state index is 0.0213. The third-order valence-electron chi connectivity index (χ3n) is 6.64. The van der Waals surface area contributed by atoms with Crippen LogP contribution in [0, 0.1) is 5.92 Å². The zero-order valence-electron chi connectivity index (χ0n) is 18.3. The predicted molar refractivity (Wildman–Crippen MR) is 118 cm³/mol. The molecule has 1 aromatic carbocycles. The summed E-state index contributed by atoms with van der Waals surface area (Å²) in [4.78, 5) is 3.66. The van der Waals surface area contributed by atoms with Crippen LogP contribution in [0.15, 0.2) is 29.2 Å². The number of benzene rings is 1. The molecule has 31 heavy (non-hydrogen) atoms. The second-order valence-electron chi connectivity index (χ2n) is 8.95. The lowest BCUT2D eigenvalue weighted by Gasteiger charge is -2.38. The first-order chi connectivity index (χ1) is 15.0. The van der Waals surface area contributed by atoms with Crippen LogP contribution in [-0.4, -0.2) is 73.5 Å². The van der Waals surface area contributed by atoms with Gasteiger partial charge in [-0.15, -0.1) is 0 Å². The summed E-state index contributed by atoms with van der Waals surface area (Å²) < 4.78 is 43.5. The molecule has 1 aromatic rings. The average Bonchev–Trinajstić information content (AvgIpc) is 3.39. The van der Waals surface area contributed by atoms with Gasteiger partial charge < -0.3 is 14.2 Å². The Morgan fingerprint density at radius 1 is 1.19 bits per heavy atom. The Hall–Kier alpha value is -0.930. The Morgan fingerprint density at radius 3 is 2.68 bits per heavy atom. The van der Waals surface area contributed by atoms with Crippen molar-refractivity contribution < 1.29 is 23.0 Å². The molecule has 3 aliphatic heterocycles. The SMILES string of the molecule is CCCOCC1CCN([C@H]2COC3(CCN(Sc4ccc(OC(F)F)cc4)CC3)C2)C1. The number of hydrogen-bond donors (Lipinski definition) is 0. The Bertz CT molecular complexity index is 686. The summed E-state index contributed by atoms with van der Waals surface area (Å²) in [5, 5.41) is 0. The van der Waals surface area contributed by atoms with Gasteiger partial charge >= 0.3 is 6.61 Å². The summed E-state index contributed by atoms with van der Waals surface area (Å²) in [6.07, 6.45) is 5.54. The lowest BCUT2D eigenvalue weighted by Crippen LogP contribution is -2.42. The van der Waals surface area contributed by atoms with Crippen molar-refractivity contribution in [2.75, 3.05) is 46.0 Å². The number of hydrogen-bond acceptors (Lipinski definition) is 6. The Balaban J connectivity index is 1.20. The maximum Gasteiger partial charge on any atom is 0.387 e. The highest BCUT2D eigenvalue weighted by Gasteiger charge is 2.45. The van der Waals surface area contributed by atoms with Crippen LogP contribution in [0.3, 0.4) is 0 Å². The monoisotopic (exact) mass is 456 g/mol. The lowest BCUT2D eigenvalue weighted by molar-refractivity contribution is -0.0498. The number of halogens is 2. The van der Waals surface area contributed by atoms with Gasteiger partial charge in [0, 0.05) is 37.2 Å². The van der Waals surface area contributed by atoms with Gasteiger partial charge in [-0.05, 0) is 80.8 Å². The predicted octanol–water partition coefficient (Wildman–Crippen LogP) is 4.67. The van der Waals surface area contributed by atoms with Crippen molar-refractivity contribution in [3.63, 3.8) is 0 Å². The van der Waals surface area contributed by atoms with Gasteiger partial charge in [0.05, 0.1) is 18.8 Å². The molecule has 0 radical (unpaired) electrons. The van der Waals surface area contributed by atoms with E-state index in [2.05, 4.69) is 20.9 Å². The second-order valence-corrected chi connectivity index (χ2v) is 10.1. The van der Waals surface area contributed by atoms with Gasteiger partial charge in [0.25, 0.3) is 0 Å². The minimum atomic E-state index is -2.78. The number of rotatable bonds is 9. The van der Waals surface area contributed by atoms with Crippen molar-refractivity contribution in [2.45, 2.75) is 62.2 Å². The van der Waals surface area contributed by atoms with Crippen molar-refractivity contribution in [1.82, 2.24) is 9.21 Å². The Kier molecular flexibility index (Phi) is 8.09. The highest BCUT2D eigenvalue weighted by molar-refractivity contribution is 7.97. The molecule has 5 nitrogen and oxygen atoms in total. The highest BCUT2D eigenvalue weighted by Crippen LogP contribution is 2.41. The first-order valence-electron chi connectivity index (χ1n) is 11.5. The van der Waals surface area contributed by atoms with E-state index in [0.717, 1.165) is 76.6 Å². The zero-order valence-corrected chi connectivity index (χ0v) is 19.1. The standard InChI is InChI=1S/C23H34F2N2O3S/c1-2-13-28-16-18-7-10-26(15-18)19-14-23(29-17-19)8-11-27(12-9-23)31-21-5-3-20(4-6-21)30-22(24)25/h3-6,18-19,22H,2,7-17H2,1H3/t18?,19-/m1/s1. The number of likely N-dealkylation sites (tertiary alicyclic amines) is 1. The van der Waals surface area contributed by atoms with E-state index in [9.17, 15) is 8.78 Å². The maximum atomic E-state index is 12.3. The van der Waals surface area contributed by atoms with Crippen LogP contribution in [0.4, 0.5) is 8.78 Å². The molecule has 4 rings (SSSR count). The van der Waals surface area contributed by atoms with Crippen LogP contribution in [0.25, 0.3) is 0 Å². The first-order valence-corrected chi connectivity index (χ1v) is 12.3. The van der Waals surface area contributed by atoms with Gasteiger partial charge in [0.2, 0.25) is 0 Å². The minimum Gasteiger partial charge on any atom is -0.435 e. The number of alkyl halides is 2. The quantitative estimate of drug-likeness (QED) is 0.397. The number of nitrogens with zero attached hydrogens (tertiary/aromatic N) is 2. The smallest absolute Gasteiger partial charge is 0.387 e. The molecule has 3 aliphatic rings. The van der Waals surface area contributed by atoms with E-state index < -0.39 is 6.61 Å². The molecule has 0 aliphatic carbocycles. The molecule has 1 unspecified atom stereocenters. The Morgan fingerprint density at radius 2 is 1.97 bits per heavy atom. The fourth-order valence-electron chi connectivity index (χ4n) is 4.94. The fraction of sp³-hybridized carbons (Fsp3) is 0.739. The molecule has 3 heterocycles. The molecule has 0 amide bonds. The largest absolute Gasteiger partial charge is 0.435 e. The molecule has 3 saturated heterocycles. The first kappa shape index (κ1) is 23.2. The molecule has 8 heteroatoms. The second kappa shape index (κ2) is 10.8. The topological polar surface area (TPSA) is 34.2 Å². The van der Waals surface area contributed by atoms with Gasteiger partial charge in [-0.3, -0.25) is 4.90 Å². The molecule has 0 bridgehead atoms. The van der Waals surface area contributed by atoms with Crippen LogP contribution in [0.1, 0.15) is 39.0 Å². The average molecular weight is 457 g/mol. The summed E-state index contributed by atoms with van der Waals surface area (Å²) in [7, 11) is 0. The third kappa shape index (κ3) is 6.32. The maximum absolute atomic E-state index is 12.3. The summed E-state index contributed by atoms with van der Waals surface area (Å²) in [6.45, 7) is 6.23. The Labute approximate surface area is 188 Å². The summed E-state index contributed by atoms with van der Waals surface area (Å²) in [5.41, 5.74) is 0.0213. The van der Waals surface area contributed by atoms with Crippen molar-refractivity contribution in [3.8, 4) is 5.75 Å². The van der Waals surface area contributed by atoms with E-state index in [-0.39, 0.29) is 11.4 Å². The molecular formula is C23H34F2N2O3S. The van der Waals surface area contributed by atoms with Gasteiger partial charge in [-0.25, -0.2) is 4.31 Å². The van der Waals surface area contributed by atoms with Gasteiger partial charge in [0.1, 0.15) is 5.75 Å². The molecule has 0 aromatic heterocycles. The van der Waals surface area contributed by atoms with E-state index >= 15 is 0 Å². The van der Waals surface area contributed by atoms with Crippen LogP contribution in [-0.2, 0) is 9.47 Å². The van der Waals surface area contributed by atoms with Gasteiger partial charge in [-0.1, -0.05) is 6.92 Å². The van der Waals surface area contributed by atoms with Crippen LogP contribution < -0.4 is 4.74 Å². The van der Waals surface area contributed by atoms with E-state index in [1.165, 1.54) is 6.42 Å². The van der Waals surface area contributed by atoms with E-state index in [1.807, 2.05) is 12.1 Å². The fourth-order valence-corrected chi connectivity index (χ4v) is 5.86. The van der Waals surface area contributed by atoms with Crippen molar-refractivity contribution in [2.24, 2.45) is 5.92 Å². The molecule has 0 saturated carbocycles. The zero-order chi connectivity index (χ0) is 21.7. The van der Waals surface area contributed by atoms with Gasteiger partial charge in [0.15, 0.2) is 0 Å². The van der Waals surface area contributed by atoms with E-state index in [1.54, 1.807) is 24.1 Å². The summed E-state index contributed by atoms with van der Waals surface area (Å²) in [5.74, 6) is 0.863. The van der Waals surface area contributed by atoms with Crippen LogP contribution >= 0.6 is 11.9 Å². The molecular weight excluding hydrogens is 422 g/mol. The third-order valence-corrected chi connectivity index (χ3v) is 7.75. The summed E-state index contributed by atoms with van der Waals surface area (Å²) in [6, 6.07) is 7.41. The van der Waals surface area contributed by atoms with E-state index in [0.29, 0.717) is 12.0 Å². The van der Waals surface area contributed by atoms with Crippen molar-refractivity contribution >= 4 is 11.9 Å². The van der Waals surface area contributed by atoms with E-state index in [4.69, 9.17) is 9.47 Å². The van der Waals surface area contributed by atoms with Crippen molar-refractivity contribution in [3.05, 3.63) is 24.3 Å². The van der Waals surface area contributed by atoms with Gasteiger partial charge in [-0.2, -0.15) is 8.78 Å².